The summed E-state index contributed by atoms with van der Waals surface area (Å²) in [6, 6.07) is 11.5. The maximum absolute atomic E-state index is 10.7. The van der Waals surface area contributed by atoms with Crippen LogP contribution in [-0.2, 0) is 0 Å². The smallest absolute Gasteiger partial charge is 0.194 e. The van der Waals surface area contributed by atoms with E-state index in [0.29, 0.717) is 20.8 Å². The highest BCUT2D eigenvalue weighted by atomic mass is 127. The summed E-state index contributed by atoms with van der Waals surface area (Å²) in [5, 5.41) is 33.6. The SMILES string of the molecule is N#CC[C@@]12C[C@@H]1[C@@H](n1cnc3c(Nc4ccccc4)nc(I)nc31)[C@H](O)[C@@H]2O. The van der Waals surface area contributed by atoms with Crippen LogP contribution in [0.3, 0.4) is 0 Å². The number of nitrogens with one attached hydrogen (secondary N) is 1. The van der Waals surface area contributed by atoms with Crippen LogP contribution in [0.2, 0.25) is 0 Å². The molecule has 142 valence electrons. The predicted octanol–water partition coefficient (Wildman–Crippen LogP) is 2.37. The normalized spacial score (nSPS) is 30.8. The lowest BCUT2D eigenvalue weighted by Gasteiger charge is -2.23. The molecule has 0 saturated heterocycles. The number of nitriles is 1. The second-order valence-corrected chi connectivity index (χ2v) is 8.43. The van der Waals surface area contributed by atoms with E-state index in [9.17, 15) is 10.2 Å². The fourth-order valence-corrected chi connectivity index (χ4v) is 5.05. The minimum Gasteiger partial charge on any atom is -0.390 e. The molecule has 2 fully saturated rings. The number of fused-ring (bicyclic) bond motifs is 2. The third-order valence-electron chi connectivity index (χ3n) is 6.01. The molecule has 0 amide bonds. The van der Waals surface area contributed by atoms with Gasteiger partial charge in [0.15, 0.2) is 20.8 Å². The molecule has 0 spiro atoms. The summed E-state index contributed by atoms with van der Waals surface area (Å²) in [5.41, 5.74) is 1.58. The highest BCUT2D eigenvalue weighted by molar-refractivity contribution is 14.1. The molecular formula is C19H17IN6O2. The van der Waals surface area contributed by atoms with E-state index in [4.69, 9.17) is 5.26 Å². The maximum Gasteiger partial charge on any atom is 0.194 e. The van der Waals surface area contributed by atoms with E-state index in [1.807, 2.05) is 34.9 Å². The molecule has 3 N–H and O–H groups in total. The number of aliphatic hydroxyl groups is 2. The van der Waals surface area contributed by atoms with Crippen molar-refractivity contribution in [2.24, 2.45) is 11.3 Å². The van der Waals surface area contributed by atoms with Crippen molar-refractivity contribution in [3.8, 4) is 6.07 Å². The van der Waals surface area contributed by atoms with Crippen molar-refractivity contribution in [1.82, 2.24) is 19.5 Å². The van der Waals surface area contributed by atoms with Crippen LogP contribution in [-0.4, -0.2) is 41.9 Å². The van der Waals surface area contributed by atoms with Crippen molar-refractivity contribution in [3.63, 3.8) is 0 Å². The second-order valence-electron chi connectivity index (χ2n) is 7.46. The molecule has 28 heavy (non-hydrogen) atoms. The highest BCUT2D eigenvalue weighted by Crippen LogP contribution is 2.69. The highest BCUT2D eigenvalue weighted by Gasteiger charge is 2.71. The van der Waals surface area contributed by atoms with Crippen LogP contribution in [0.1, 0.15) is 18.9 Å². The van der Waals surface area contributed by atoms with Gasteiger partial charge in [0.05, 0.1) is 24.5 Å². The molecule has 5 atom stereocenters. The van der Waals surface area contributed by atoms with Crippen LogP contribution in [0, 0.1) is 26.5 Å². The van der Waals surface area contributed by atoms with Crippen molar-refractivity contribution in [1.29, 1.82) is 5.26 Å². The summed E-state index contributed by atoms with van der Waals surface area (Å²) in [4.78, 5) is 13.5. The van der Waals surface area contributed by atoms with Crippen LogP contribution in [0.5, 0.6) is 0 Å². The van der Waals surface area contributed by atoms with Gasteiger partial charge in [-0.25, -0.2) is 15.0 Å². The molecule has 2 aromatic heterocycles. The van der Waals surface area contributed by atoms with Crippen LogP contribution in [0.15, 0.2) is 36.7 Å². The van der Waals surface area contributed by atoms with Crippen molar-refractivity contribution in [2.75, 3.05) is 5.32 Å². The van der Waals surface area contributed by atoms with E-state index >= 15 is 0 Å². The lowest BCUT2D eigenvalue weighted by atomic mass is 9.96. The Balaban J connectivity index is 1.57. The van der Waals surface area contributed by atoms with Crippen LogP contribution < -0.4 is 5.32 Å². The van der Waals surface area contributed by atoms with Gasteiger partial charge in [0.2, 0.25) is 0 Å². The van der Waals surface area contributed by atoms with Gasteiger partial charge in [-0.1, -0.05) is 18.2 Å². The fourth-order valence-electron chi connectivity index (χ4n) is 4.58. The number of benzene rings is 1. The van der Waals surface area contributed by atoms with Gasteiger partial charge in [-0.3, -0.25) is 0 Å². The van der Waals surface area contributed by atoms with Gasteiger partial charge in [-0.2, -0.15) is 5.26 Å². The third-order valence-corrected chi connectivity index (χ3v) is 6.50. The molecule has 8 nitrogen and oxygen atoms in total. The average molecular weight is 488 g/mol. The zero-order valence-corrected chi connectivity index (χ0v) is 16.9. The van der Waals surface area contributed by atoms with E-state index in [0.717, 1.165) is 12.1 Å². The quantitative estimate of drug-likeness (QED) is 0.381. The van der Waals surface area contributed by atoms with Crippen molar-refractivity contribution < 1.29 is 10.2 Å². The van der Waals surface area contributed by atoms with Crippen LogP contribution in [0.4, 0.5) is 11.5 Å². The molecule has 2 saturated carbocycles. The molecule has 2 aliphatic rings. The largest absolute Gasteiger partial charge is 0.390 e. The van der Waals surface area contributed by atoms with Crippen LogP contribution in [0.25, 0.3) is 11.2 Å². The predicted molar refractivity (Wildman–Crippen MR) is 110 cm³/mol. The Morgan fingerprint density at radius 1 is 1.29 bits per heavy atom. The summed E-state index contributed by atoms with van der Waals surface area (Å²) in [6.45, 7) is 0. The van der Waals surface area contributed by atoms with Crippen molar-refractivity contribution in [3.05, 3.63) is 40.5 Å². The molecule has 2 aliphatic carbocycles. The molecule has 0 unspecified atom stereocenters. The van der Waals surface area contributed by atoms with E-state index in [-0.39, 0.29) is 18.4 Å². The first kappa shape index (κ1) is 17.8. The summed E-state index contributed by atoms with van der Waals surface area (Å²) < 4.78 is 2.39. The molecule has 1 aromatic carbocycles. The summed E-state index contributed by atoms with van der Waals surface area (Å²) in [7, 11) is 0. The van der Waals surface area contributed by atoms with Gasteiger partial charge in [-0.15, -0.1) is 0 Å². The zero-order chi connectivity index (χ0) is 19.5. The molecular weight excluding hydrogens is 471 g/mol. The number of nitrogens with zero attached hydrogens (tertiary/aromatic N) is 5. The number of imidazole rings is 1. The Labute approximate surface area is 174 Å². The van der Waals surface area contributed by atoms with Gasteiger partial charge >= 0.3 is 0 Å². The van der Waals surface area contributed by atoms with E-state index in [1.54, 1.807) is 6.33 Å². The minimum atomic E-state index is -0.956. The van der Waals surface area contributed by atoms with E-state index in [1.165, 1.54) is 0 Å². The Morgan fingerprint density at radius 2 is 2.07 bits per heavy atom. The topological polar surface area (TPSA) is 120 Å². The van der Waals surface area contributed by atoms with Crippen molar-refractivity contribution in [2.45, 2.75) is 31.1 Å². The first-order valence-electron chi connectivity index (χ1n) is 9.00. The first-order valence-corrected chi connectivity index (χ1v) is 10.1. The third kappa shape index (κ3) is 2.52. The molecule has 0 bridgehead atoms. The second kappa shape index (κ2) is 6.37. The van der Waals surface area contributed by atoms with Crippen LogP contribution >= 0.6 is 22.6 Å². The summed E-state index contributed by atoms with van der Waals surface area (Å²) in [6.07, 6.45) is 0.741. The Morgan fingerprint density at radius 3 is 2.82 bits per heavy atom. The Hall–Kier alpha value is -2.29. The summed E-state index contributed by atoms with van der Waals surface area (Å²) in [5.74, 6) is 0.624. The van der Waals surface area contributed by atoms with Gasteiger partial charge < -0.3 is 20.1 Å². The van der Waals surface area contributed by atoms with Crippen molar-refractivity contribution >= 4 is 45.3 Å². The monoisotopic (exact) mass is 488 g/mol. The lowest BCUT2D eigenvalue weighted by molar-refractivity contribution is -0.0165. The van der Waals surface area contributed by atoms with E-state index < -0.39 is 17.6 Å². The van der Waals surface area contributed by atoms with Gasteiger partial charge in [0.25, 0.3) is 0 Å². The number of rotatable bonds is 4. The zero-order valence-electron chi connectivity index (χ0n) is 14.7. The fraction of sp³-hybridized carbons (Fsp3) is 0.368. The molecule has 3 aromatic rings. The van der Waals surface area contributed by atoms with Gasteiger partial charge in [-0.05, 0) is 24.5 Å². The number of aromatic nitrogens is 4. The Kier molecular flexibility index (Phi) is 4.04. The number of halogens is 1. The number of aliphatic hydroxyl groups excluding tert-OH is 2. The molecule has 9 heteroatoms. The number of hydrogen-bond donors (Lipinski definition) is 3. The molecule has 2 heterocycles. The van der Waals surface area contributed by atoms with Gasteiger partial charge in [0.1, 0.15) is 6.10 Å². The lowest BCUT2D eigenvalue weighted by Crippen LogP contribution is -2.34. The average Bonchev–Trinajstić information content (AvgIpc) is 3.17. The maximum atomic E-state index is 10.7. The molecule has 0 radical (unpaired) electrons. The first-order chi connectivity index (χ1) is 13.5. The molecule has 5 rings (SSSR count). The Bertz CT molecular complexity index is 1100. The van der Waals surface area contributed by atoms with E-state index in [2.05, 4.69) is 48.9 Å². The summed E-state index contributed by atoms with van der Waals surface area (Å²) >= 11 is 2.06. The number of para-hydroxylation sites is 1. The standard InChI is InChI=1S/C19H17IN6O2/c20-18-24-16(23-10-4-2-1-3-5-10)12-17(25-18)26(9-22-12)13-11-8-19(11,6-7-21)15(28)14(13)27/h1-5,9,11,13-15,27-28H,6,8H2,(H,23,24,25)/t11-,13-,14+,15+,19-/m1/s1. The number of anilines is 2. The van der Waals surface area contributed by atoms with Gasteiger partial charge in [0, 0.05) is 40.1 Å². The minimum absolute atomic E-state index is 0.0349. The molecule has 0 aliphatic heterocycles. The number of hydrogen-bond acceptors (Lipinski definition) is 7.